The Morgan fingerprint density at radius 2 is 2.00 bits per heavy atom. The number of rotatable bonds is 4. The predicted octanol–water partition coefficient (Wildman–Crippen LogP) is 4.36. The third-order valence-corrected chi connectivity index (χ3v) is 3.76. The fraction of sp³-hybridized carbons (Fsp3) is 0.923. The molecule has 0 aromatic carbocycles. The van der Waals surface area contributed by atoms with Gasteiger partial charge in [0.1, 0.15) is 5.78 Å². The van der Waals surface area contributed by atoms with Gasteiger partial charge in [0.05, 0.1) is 0 Å². The molecule has 0 aromatic heterocycles. The lowest BCUT2D eigenvalue weighted by atomic mass is 9.74. The Labute approximate surface area is 101 Å². The Hall–Kier alpha value is -0.540. The summed E-state index contributed by atoms with van der Waals surface area (Å²) in [5.74, 6) is 1.07. The zero-order valence-corrected chi connectivity index (χ0v) is 10.5. The van der Waals surface area contributed by atoms with E-state index in [2.05, 4.69) is 13.8 Å². The monoisotopic (exact) mass is 250 g/mol. The standard InChI is InChI=1S/C13H21F3O/c1-9(2)10-5-6-12(17)11(8-10)4-3-7-13(14,15)16/h9-11H,3-8H2,1-2H3. The lowest BCUT2D eigenvalue weighted by Gasteiger charge is -2.30. The molecule has 1 saturated carbocycles. The van der Waals surface area contributed by atoms with Crippen LogP contribution in [0, 0.1) is 17.8 Å². The van der Waals surface area contributed by atoms with Crippen molar-refractivity contribution < 1.29 is 18.0 Å². The van der Waals surface area contributed by atoms with Gasteiger partial charge in [-0.2, -0.15) is 13.2 Å². The smallest absolute Gasteiger partial charge is 0.299 e. The zero-order valence-electron chi connectivity index (χ0n) is 10.5. The Morgan fingerprint density at radius 3 is 2.53 bits per heavy atom. The van der Waals surface area contributed by atoms with Gasteiger partial charge in [0.2, 0.25) is 0 Å². The van der Waals surface area contributed by atoms with E-state index in [1.54, 1.807) is 0 Å². The van der Waals surface area contributed by atoms with E-state index < -0.39 is 12.6 Å². The number of alkyl halides is 3. The molecule has 0 spiro atoms. The quantitative estimate of drug-likeness (QED) is 0.724. The summed E-state index contributed by atoms with van der Waals surface area (Å²) in [5, 5.41) is 0. The molecule has 0 heterocycles. The van der Waals surface area contributed by atoms with Crippen molar-refractivity contribution in [1.29, 1.82) is 0 Å². The number of carbonyl (C=O) groups excluding carboxylic acids is 1. The molecule has 0 aliphatic heterocycles. The first-order valence-corrected chi connectivity index (χ1v) is 6.39. The summed E-state index contributed by atoms with van der Waals surface area (Å²) in [6.07, 6.45) is -2.11. The molecule has 1 aliphatic rings. The molecule has 4 heteroatoms. The van der Waals surface area contributed by atoms with E-state index in [-0.39, 0.29) is 18.1 Å². The van der Waals surface area contributed by atoms with E-state index in [0.717, 1.165) is 12.8 Å². The van der Waals surface area contributed by atoms with E-state index in [9.17, 15) is 18.0 Å². The van der Waals surface area contributed by atoms with Crippen molar-refractivity contribution in [3.63, 3.8) is 0 Å². The van der Waals surface area contributed by atoms with Crippen LogP contribution in [-0.2, 0) is 4.79 Å². The van der Waals surface area contributed by atoms with E-state index in [1.807, 2.05) is 0 Å². The first-order chi connectivity index (χ1) is 7.79. The highest BCUT2D eigenvalue weighted by Crippen LogP contribution is 2.35. The first-order valence-electron chi connectivity index (χ1n) is 6.39. The molecule has 2 atom stereocenters. The molecule has 0 amide bonds. The maximum atomic E-state index is 12.0. The average Bonchev–Trinajstić information content (AvgIpc) is 2.18. The predicted molar refractivity (Wildman–Crippen MR) is 60.6 cm³/mol. The molecule has 1 rings (SSSR count). The van der Waals surface area contributed by atoms with Crippen LogP contribution in [0.3, 0.4) is 0 Å². The van der Waals surface area contributed by atoms with Crippen LogP contribution in [0.15, 0.2) is 0 Å². The van der Waals surface area contributed by atoms with Crippen molar-refractivity contribution in [3.8, 4) is 0 Å². The highest BCUT2D eigenvalue weighted by molar-refractivity contribution is 5.81. The van der Waals surface area contributed by atoms with Crippen molar-refractivity contribution in [2.75, 3.05) is 0 Å². The van der Waals surface area contributed by atoms with E-state index in [1.165, 1.54) is 0 Å². The number of halogens is 3. The molecule has 1 fully saturated rings. The van der Waals surface area contributed by atoms with Crippen LogP contribution < -0.4 is 0 Å². The molecule has 1 aliphatic carbocycles. The number of hydrogen-bond acceptors (Lipinski definition) is 1. The van der Waals surface area contributed by atoms with Gasteiger partial charge in [-0.3, -0.25) is 4.79 Å². The summed E-state index contributed by atoms with van der Waals surface area (Å²) >= 11 is 0. The molecular formula is C13H21F3O. The van der Waals surface area contributed by atoms with Gasteiger partial charge in [-0.1, -0.05) is 13.8 Å². The number of hydrogen-bond donors (Lipinski definition) is 0. The minimum absolute atomic E-state index is 0.0880. The third kappa shape index (κ3) is 5.09. The topological polar surface area (TPSA) is 17.1 Å². The van der Waals surface area contributed by atoms with Gasteiger partial charge < -0.3 is 0 Å². The van der Waals surface area contributed by atoms with Crippen LogP contribution in [0.2, 0.25) is 0 Å². The second-order valence-electron chi connectivity index (χ2n) is 5.45. The van der Waals surface area contributed by atoms with Crippen LogP contribution in [0.4, 0.5) is 13.2 Å². The van der Waals surface area contributed by atoms with Crippen molar-refractivity contribution in [3.05, 3.63) is 0 Å². The van der Waals surface area contributed by atoms with Crippen LogP contribution in [0.5, 0.6) is 0 Å². The molecular weight excluding hydrogens is 229 g/mol. The number of Topliss-reactive ketones (excluding diaryl/α,β-unsaturated/α-hetero) is 1. The highest BCUT2D eigenvalue weighted by Gasteiger charge is 2.32. The Morgan fingerprint density at radius 1 is 1.35 bits per heavy atom. The lowest BCUT2D eigenvalue weighted by molar-refractivity contribution is -0.138. The zero-order chi connectivity index (χ0) is 13.1. The molecule has 0 N–H and O–H groups in total. The summed E-state index contributed by atoms with van der Waals surface area (Å²) in [6.45, 7) is 4.24. The first kappa shape index (κ1) is 14.5. The minimum Gasteiger partial charge on any atom is -0.299 e. The van der Waals surface area contributed by atoms with Gasteiger partial charge in [0.15, 0.2) is 0 Å². The molecule has 0 bridgehead atoms. The largest absolute Gasteiger partial charge is 0.389 e. The normalized spacial score (nSPS) is 26.6. The van der Waals surface area contributed by atoms with Crippen LogP contribution in [0.25, 0.3) is 0 Å². The average molecular weight is 250 g/mol. The van der Waals surface area contributed by atoms with E-state index in [4.69, 9.17) is 0 Å². The molecule has 0 saturated heterocycles. The van der Waals surface area contributed by atoms with E-state index >= 15 is 0 Å². The maximum Gasteiger partial charge on any atom is 0.389 e. The second-order valence-corrected chi connectivity index (χ2v) is 5.45. The molecule has 17 heavy (non-hydrogen) atoms. The molecule has 0 radical (unpaired) electrons. The molecule has 1 nitrogen and oxygen atoms in total. The Bertz CT molecular complexity index is 258. The van der Waals surface area contributed by atoms with Crippen molar-refractivity contribution in [2.45, 2.75) is 58.5 Å². The third-order valence-electron chi connectivity index (χ3n) is 3.76. The fourth-order valence-corrected chi connectivity index (χ4v) is 2.58. The van der Waals surface area contributed by atoms with Gasteiger partial charge >= 0.3 is 6.18 Å². The van der Waals surface area contributed by atoms with Crippen molar-refractivity contribution in [1.82, 2.24) is 0 Å². The summed E-state index contributed by atoms with van der Waals surface area (Å²) in [5.41, 5.74) is 0. The van der Waals surface area contributed by atoms with Gasteiger partial charge in [-0.15, -0.1) is 0 Å². The van der Waals surface area contributed by atoms with E-state index in [0.29, 0.717) is 24.7 Å². The van der Waals surface area contributed by atoms with Crippen molar-refractivity contribution in [2.24, 2.45) is 17.8 Å². The van der Waals surface area contributed by atoms with Gasteiger partial charge in [0, 0.05) is 18.8 Å². The Kier molecular flexibility index (Phi) is 5.02. The number of ketones is 1. The summed E-state index contributed by atoms with van der Waals surface area (Å²) < 4.78 is 36.1. The maximum absolute atomic E-state index is 12.0. The highest BCUT2D eigenvalue weighted by atomic mass is 19.4. The van der Waals surface area contributed by atoms with Gasteiger partial charge in [-0.25, -0.2) is 0 Å². The summed E-state index contributed by atoms with van der Waals surface area (Å²) in [4.78, 5) is 11.6. The lowest BCUT2D eigenvalue weighted by Crippen LogP contribution is -2.27. The SMILES string of the molecule is CC(C)C1CCC(=O)C(CCCC(F)(F)F)C1. The van der Waals surface area contributed by atoms with Crippen molar-refractivity contribution >= 4 is 5.78 Å². The molecule has 0 aromatic rings. The van der Waals surface area contributed by atoms with Crippen LogP contribution in [-0.4, -0.2) is 12.0 Å². The fourth-order valence-electron chi connectivity index (χ4n) is 2.58. The van der Waals surface area contributed by atoms with Gasteiger partial charge in [0.25, 0.3) is 0 Å². The summed E-state index contributed by atoms with van der Waals surface area (Å²) in [7, 11) is 0. The summed E-state index contributed by atoms with van der Waals surface area (Å²) in [6, 6.07) is 0. The molecule has 2 unspecified atom stereocenters. The molecule has 100 valence electrons. The minimum atomic E-state index is -4.09. The van der Waals surface area contributed by atoms with Crippen LogP contribution in [0.1, 0.15) is 52.4 Å². The van der Waals surface area contributed by atoms with Gasteiger partial charge in [-0.05, 0) is 37.5 Å². The second kappa shape index (κ2) is 5.87. The van der Waals surface area contributed by atoms with Crippen LogP contribution >= 0.6 is 0 Å². The number of carbonyl (C=O) groups is 1. The Balaban J connectivity index is 2.37.